The maximum atomic E-state index is 12.4. The normalized spacial score (nSPS) is 41.7. The minimum atomic E-state index is -1.21. The molecule has 3 aliphatic rings. The topological polar surface area (TPSA) is 90.9 Å². The molecule has 4 atom stereocenters. The highest BCUT2D eigenvalue weighted by atomic mass is 16.3. The summed E-state index contributed by atoms with van der Waals surface area (Å²) in [6.07, 6.45) is 6.18. The molecule has 1 fully saturated rings. The number of ketones is 1. The van der Waals surface area contributed by atoms with E-state index in [1.165, 1.54) is 0 Å². The minimum absolute atomic E-state index is 0.0290. The van der Waals surface area contributed by atoms with Crippen LogP contribution in [0.15, 0.2) is 28.3 Å². The predicted octanol–water partition coefficient (Wildman–Crippen LogP) is 2.41. The number of fused-ring (bicyclic) bond motifs is 5. The molecule has 0 radical (unpaired) electrons. The molecule has 4 rings (SSSR count). The zero-order valence-corrected chi connectivity index (χ0v) is 14.1. The Hall–Kier alpha value is -1.59. The summed E-state index contributed by atoms with van der Waals surface area (Å²) in [5.74, 6) is -0.650. The molecule has 3 aliphatic carbocycles. The van der Waals surface area contributed by atoms with Crippen LogP contribution in [0.5, 0.6) is 0 Å². The smallest absolute Gasteiger partial charge is 0.197 e. The van der Waals surface area contributed by atoms with E-state index in [1.54, 1.807) is 19.5 Å². The predicted molar refractivity (Wildman–Crippen MR) is 86.5 cm³/mol. The molecule has 0 bridgehead atoms. The molecule has 1 aromatic rings. The molecule has 0 spiro atoms. The number of carbonyl (C=O) groups is 1. The van der Waals surface area contributed by atoms with Gasteiger partial charge in [-0.05, 0) is 44.1 Å². The first-order chi connectivity index (χ1) is 11.3. The van der Waals surface area contributed by atoms with Crippen LogP contribution in [0.2, 0.25) is 0 Å². The molecule has 4 unspecified atom stereocenters. The van der Waals surface area contributed by atoms with Gasteiger partial charge < -0.3 is 19.7 Å². The quantitative estimate of drug-likeness (QED) is 0.735. The van der Waals surface area contributed by atoms with Crippen molar-refractivity contribution >= 4 is 5.78 Å². The Labute approximate surface area is 141 Å². The van der Waals surface area contributed by atoms with Crippen molar-refractivity contribution in [2.24, 2.45) is 11.3 Å². The van der Waals surface area contributed by atoms with E-state index in [9.17, 15) is 20.1 Å². The number of aliphatic hydroxyl groups excluding tert-OH is 2. The van der Waals surface area contributed by atoms with Crippen LogP contribution >= 0.6 is 0 Å². The maximum absolute atomic E-state index is 12.4. The van der Waals surface area contributed by atoms with Gasteiger partial charge >= 0.3 is 0 Å². The van der Waals surface area contributed by atoms with Crippen LogP contribution in [0, 0.1) is 11.3 Å². The molecule has 0 aromatic carbocycles. The number of aryl methyl sites for hydroxylation is 1. The first kappa shape index (κ1) is 15.9. The van der Waals surface area contributed by atoms with Crippen molar-refractivity contribution in [3.8, 4) is 0 Å². The Morgan fingerprint density at radius 2 is 2.08 bits per heavy atom. The molecule has 0 amide bonds. The SMILES string of the molecule is CC1=C(O)C(=O)CC2(C)C3CCc4cocc4C3(CO)CCC12O. The van der Waals surface area contributed by atoms with E-state index in [-0.39, 0.29) is 30.5 Å². The summed E-state index contributed by atoms with van der Waals surface area (Å²) in [7, 11) is 0. The van der Waals surface area contributed by atoms with Gasteiger partial charge in [0.15, 0.2) is 11.5 Å². The molecule has 1 heterocycles. The summed E-state index contributed by atoms with van der Waals surface area (Å²) in [6.45, 7) is 3.57. The van der Waals surface area contributed by atoms with Gasteiger partial charge in [0.05, 0.1) is 24.7 Å². The lowest BCUT2D eigenvalue weighted by Gasteiger charge is -2.63. The number of rotatable bonds is 1. The van der Waals surface area contributed by atoms with Gasteiger partial charge in [-0.15, -0.1) is 0 Å². The Bertz CT molecular complexity index is 747. The molecular formula is C19H24O5. The second-order valence-corrected chi connectivity index (χ2v) is 8.07. The summed E-state index contributed by atoms with van der Waals surface area (Å²) in [5.41, 5.74) is 0.104. The van der Waals surface area contributed by atoms with Crippen LogP contribution in [0.25, 0.3) is 0 Å². The van der Waals surface area contributed by atoms with Gasteiger partial charge in [-0.2, -0.15) is 0 Å². The van der Waals surface area contributed by atoms with E-state index < -0.39 is 16.4 Å². The third kappa shape index (κ3) is 1.60. The second kappa shape index (κ2) is 4.73. The van der Waals surface area contributed by atoms with Gasteiger partial charge in [0.25, 0.3) is 0 Å². The highest BCUT2D eigenvalue weighted by Crippen LogP contribution is 2.65. The molecular weight excluding hydrogens is 308 g/mol. The summed E-state index contributed by atoms with van der Waals surface area (Å²) in [6, 6.07) is 0. The van der Waals surface area contributed by atoms with Crippen molar-refractivity contribution in [2.75, 3.05) is 6.61 Å². The summed E-state index contributed by atoms with van der Waals surface area (Å²) in [4.78, 5) is 12.4. The number of hydrogen-bond acceptors (Lipinski definition) is 5. The van der Waals surface area contributed by atoms with Gasteiger partial charge in [0, 0.05) is 28.4 Å². The average molecular weight is 332 g/mol. The third-order valence-electron chi connectivity index (χ3n) is 7.34. The van der Waals surface area contributed by atoms with Crippen molar-refractivity contribution in [2.45, 2.75) is 57.0 Å². The van der Waals surface area contributed by atoms with Crippen molar-refractivity contribution < 1.29 is 24.5 Å². The molecule has 1 aromatic heterocycles. The Morgan fingerprint density at radius 1 is 1.33 bits per heavy atom. The third-order valence-corrected chi connectivity index (χ3v) is 7.34. The van der Waals surface area contributed by atoms with Crippen LogP contribution in [-0.2, 0) is 16.6 Å². The van der Waals surface area contributed by atoms with E-state index in [4.69, 9.17) is 4.42 Å². The largest absolute Gasteiger partial charge is 0.504 e. The first-order valence-electron chi connectivity index (χ1n) is 8.62. The van der Waals surface area contributed by atoms with Crippen molar-refractivity contribution in [1.29, 1.82) is 0 Å². The number of allylic oxidation sites excluding steroid dienone is 1. The van der Waals surface area contributed by atoms with Gasteiger partial charge in [0.2, 0.25) is 0 Å². The first-order valence-corrected chi connectivity index (χ1v) is 8.62. The lowest BCUT2D eigenvalue weighted by molar-refractivity contribution is -0.170. The van der Waals surface area contributed by atoms with Crippen molar-refractivity contribution in [3.63, 3.8) is 0 Å². The number of aliphatic hydroxyl groups is 3. The van der Waals surface area contributed by atoms with Crippen molar-refractivity contribution in [3.05, 3.63) is 35.0 Å². The number of hydrogen-bond donors (Lipinski definition) is 3. The lowest BCUT2D eigenvalue weighted by atomic mass is 9.42. The van der Waals surface area contributed by atoms with E-state index in [0.29, 0.717) is 18.4 Å². The van der Waals surface area contributed by atoms with Crippen molar-refractivity contribution in [1.82, 2.24) is 0 Å². The molecule has 130 valence electrons. The zero-order valence-electron chi connectivity index (χ0n) is 14.1. The Balaban J connectivity index is 1.91. The second-order valence-electron chi connectivity index (χ2n) is 8.07. The van der Waals surface area contributed by atoms with E-state index >= 15 is 0 Å². The van der Waals surface area contributed by atoms with E-state index in [1.807, 2.05) is 6.92 Å². The lowest BCUT2D eigenvalue weighted by Crippen LogP contribution is -2.66. The fourth-order valence-corrected chi connectivity index (χ4v) is 5.91. The van der Waals surface area contributed by atoms with Crippen LogP contribution in [0.1, 0.15) is 50.7 Å². The van der Waals surface area contributed by atoms with Crippen LogP contribution < -0.4 is 0 Å². The van der Waals surface area contributed by atoms with Gasteiger partial charge in [-0.3, -0.25) is 4.79 Å². The minimum Gasteiger partial charge on any atom is -0.504 e. The zero-order chi connectivity index (χ0) is 17.3. The molecule has 5 heteroatoms. The van der Waals surface area contributed by atoms with Crippen LogP contribution in [-0.4, -0.2) is 33.3 Å². The number of carbonyl (C=O) groups excluding carboxylic acids is 1. The van der Waals surface area contributed by atoms with Crippen LogP contribution in [0.3, 0.4) is 0 Å². The maximum Gasteiger partial charge on any atom is 0.197 e. The van der Waals surface area contributed by atoms with E-state index in [2.05, 4.69) is 0 Å². The average Bonchev–Trinajstić information content (AvgIpc) is 3.05. The summed E-state index contributed by atoms with van der Waals surface area (Å²) in [5, 5.41) is 31.9. The molecule has 3 N–H and O–H groups in total. The summed E-state index contributed by atoms with van der Waals surface area (Å²) >= 11 is 0. The molecule has 0 aliphatic heterocycles. The molecule has 5 nitrogen and oxygen atoms in total. The number of Topliss-reactive ketones (excluding diaryl/α,β-unsaturated/α-hetero) is 1. The van der Waals surface area contributed by atoms with Crippen LogP contribution in [0.4, 0.5) is 0 Å². The fourth-order valence-electron chi connectivity index (χ4n) is 5.91. The van der Waals surface area contributed by atoms with E-state index in [0.717, 1.165) is 24.0 Å². The van der Waals surface area contributed by atoms with Gasteiger partial charge in [0.1, 0.15) is 0 Å². The highest BCUT2D eigenvalue weighted by Gasteiger charge is 2.66. The Morgan fingerprint density at radius 3 is 2.79 bits per heavy atom. The molecule has 24 heavy (non-hydrogen) atoms. The van der Waals surface area contributed by atoms with Gasteiger partial charge in [-0.25, -0.2) is 0 Å². The number of furan rings is 1. The fraction of sp³-hybridized carbons (Fsp3) is 0.632. The summed E-state index contributed by atoms with van der Waals surface area (Å²) < 4.78 is 5.41. The standard InChI is InChI=1S/C19H24O5/c1-11-16(22)14(21)7-17(2)15-4-3-12-8-24-9-13(12)18(15,10-20)5-6-19(11,17)23/h8-9,15,20,22-23H,3-7,10H2,1-2H3. The highest BCUT2D eigenvalue weighted by molar-refractivity contribution is 5.96. The monoisotopic (exact) mass is 332 g/mol. The molecule has 1 saturated carbocycles. The molecule has 0 saturated heterocycles. The Kier molecular flexibility index (Phi) is 3.14. The van der Waals surface area contributed by atoms with Gasteiger partial charge in [-0.1, -0.05) is 6.92 Å².